The van der Waals surface area contributed by atoms with Crippen molar-refractivity contribution in [1.82, 2.24) is 10.6 Å². The summed E-state index contributed by atoms with van der Waals surface area (Å²) in [5.74, 6) is 0.130. The molecule has 2 aromatic rings. The minimum Gasteiger partial charge on any atom is -0.323 e. The highest BCUT2D eigenvalue weighted by atomic mass is 16.2. The first kappa shape index (κ1) is 30.6. The van der Waals surface area contributed by atoms with E-state index < -0.39 is 0 Å². The van der Waals surface area contributed by atoms with E-state index in [-0.39, 0.29) is 5.91 Å². The first-order valence-electron chi connectivity index (χ1n) is 11.2. The molecule has 0 saturated carbocycles. The van der Waals surface area contributed by atoms with Gasteiger partial charge < -0.3 is 15.5 Å². The average molecular weight is 426 g/mol. The van der Waals surface area contributed by atoms with Gasteiger partial charge in [0.05, 0.1) is 0 Å². The molecule has 1 aliphatic heterocycles. The Balaban J connectivity index is 0. The molecule has 0 aromatic heterocycles. The molecular weight excluding hydrogens is 382 g/mol. The molecule has 0 spiro atoms. The number of hydrogen-bond acceptors (Lipinski definition) is 3. The molecular formula is C27H43N3O. The molecule has 4 nitrogen and oxygen atoms in total. The number of carbonyl (C=O) groups is 1. The molecule has 2 N–H and O–H groups in total. The van der Waals surface area contributed by atoms with E-state index in [1.54, 1.807) is 6.92 Å². The van der Waals surface area contributed by atoms with Crippen molar-refractivity contribution in [3.05, 3.63) is 53.6 Å². The fourth-order valence-electron chi connectivity index (χ4n) is 3.12. The highest BCUT2D eigenvalue weighted by Crippen LogP contribution is 2.31. The van der Waals surface area contributed by atoms with Crippen molar-refractivity contribution >= 4 is 11.6 Å². The van der Waals surface area contributed by atoms with Gasteiger partial charge in [-0.1, -0.05) is 58.0 Å². The molecule has 0 unspecified atom stereocenters. The number of terminal acetylenes is 1. The molecule has 0 atom stereocenters. The van der Waals surface area contributed by atoms with Gasteiger partial charge in [-0.25, -0.2) is 0 Å². The highest BCUT2D eigenvalue weighted by Gasteiger charge is 2.20. The second kappa shape index (κ2) is 19.4. The maximum Gasteiger partial charge on any atom is 0.223 e. The predicted octanol–water partition coefficient (Wildman–Crippen LogP) is 5.51. The molecule has 31 heavy (non-hydrogen) atoms. The zero-order valence-electron chi connectivity index (χ0n) is 20.9. The lowest BCUT2D eigenvalue weighted by Gasteiger charge is -2.29. The minimum atomic E-state index is 0.130. The molecule has 0 aliphatic carbocycles. The van der Waals surface area contributed by atoms with Crippen molar-refractivity contribution in [3.8, 4) is 24.0 Å². The molecule has 1 aliphatic rings. The minimum absolute atomic E-state index is 0.130. The number of hydrogen-bond donors (Lipinski definition) is 2. The van der Waals surface area contributed by atoms with E-state index in [4.69, 9.17) is 0 Å². The SMILES string of the molecule is C#C.CC.CC.CNC.CNCc1ccc(-c2ccc3c(c2)CCCN3C(C)=O)cc1. The van der Waals surface area contributed by atoms with Crippen molar-refractivity contribution < 1.29 is 4.79 Å². The molecule has 4 heteroatoms. The van der Waals surface area contributed by atoms with Crippen molar-refractivity contribution in [2.45, 2.75) is 54.0 Å². The molecule has 0 bridgehead atoms. The summed E-state index contributed by atoms with van der Waals surface area (Å²) in [5.41, 5.74) is 6.09. The van der Waals surface area contributed by atoms with E-state index in [0.717, 1.165) is 31.6 Å². The lowest BCUT2D eigenvalue weighted by atomic mass is 9.95. The van der Waals surface area contributed by atoms with Gasteiger partial charge in [0, 0.05) is 25.7 Å². The monoisotopic (exact) mass is 425 g/mol. The van der Waals surface area contributed by atoms with Crippen LogP contribution in [0.5, 0.6) is 0 Å². The summed E-state index contributed by atoms with van der Waals surface area (Å²) in [5, 5.41) is 5.91. The highest BCUT2D eigenvalue weighted by molar-refractivity contribution is 5.93. The first-order valence-corrected chi connectivity index (χ1v) is 11.2. The van der Waals surface area contributed by atoms with E-state index in [0.29, 0.717) is 0 Å². The maximum absolute atomic E-state index is 11.7. The zero-order valence-corrected chi connectivity index (χ0v) is 20.9. The van der Waals surface area contributed by atoms with E-state index >= 15 is 0 Å². The molecule has 1 heterocycles. The van der Waals surface area contributed by atoms with Gasteiger partial charge in [0.15, 0.2) is 0 Å². The van der Waals surface area contributed by atoms with Gasteiger partial charge in [0.1, 0.15) is 0 Å². The van der Waals surface area contributed by atoms with Gasteiger partial charge in [0.2, 0.25) is 5.91 Å². The fraction of sp³-hybridized carbons (Fsp3) is 0.444. The van der Waals surface area contributed by atoms with Crippen LogP contribution in [0.3, 0.4) is 0 Å². The summed E-state index contributed by atoms with van der Waals surface area (Å²) in [6.07, 6.45) is 10.1. The third-order valence-electron chi connectivity index (χ3n) is 4.25. The Hall–Kier alpha value is -2.61. The third-order valence-corrected chi connectivity index (χ3v) is 4.25. The Kier molecular flexibility index (Phi) is 19.1. The number of anilines is 1. The Morgan fingerprint density at radius 2 is 1.45 bits per heavy atom. The molecule has 3 rings (SSSR count). The van der Waals surface area contributed by atoms with Crippen LogP contribution in [0.2, 0.25) is 0 Å². The van der Waals surface area contributed by atoms with E-state index in [2.05, 4.69) is 65.9 Å². The van der Waals surface area contributed by atoms with Crippen LogP contribution in [0.4, 0.5) is 5.69 Å². The number of rotatable bonds is 3. The maximum atomic E-state index is 11.7. The standard InChI is InChI=1S/C19H22N2O.C2H7N.2C2H6.C2H2/c1-14(22)21-11-3-4-18-12-17(9-10-19(18)21)16-7-5-15(6-8-16)13-20-2;1-3-2;3*1-2/h5-10,12,20H,3-4,11,13H2,1-2H3;3H,1-2H3;2*1-2H3;1-2H. The number of fused-ring (bicyclic) bond motifs is 1. The molecule has 0 fully saturated rings. The van der Waals surface area contributed by atoms with Crippen LogP contribution in [0.25, 0.3) is 11.1 Å². The summed E-state index contributed by atoms with van der Waals surface area (Å²) in [4.78, 5) is 13.6. The summed E-state index contributed by atoms with van der Waals surface area (Å²) >= 11 is 0. The van der Waals surface area contributed by atoms with Gasteiger partial charge in [-0.15, -0.1) is 12.8 Å². The number of aryl methyl sites for hydroxylation is 1. The summed E-state index contributed by atoms with van der Waals surface area (Å²) < 4.78 is 0. The Bertz CT molecular complexity index is 736. The van der Waals surface area contributed by atoms with Gasteiger partial charge >= 0.3 is 0 Å². The molecule has 0 saturated heterocycles. The normalized spacial score (nSPS) is 10.8. The van der Waals surface area contributed by atoms with Crippen LogP contribution in [0.15, 0.2) is 42.5 Å². The van der Waals surface area contributed by atoms with Crippen LogP contribution in [-0.4, -0.2) is 33.6 Å². The van der Waals surface area contributed by atoms with E-state index in [1.807, 2.05) is 53.7 Å². The van der Waals surface area contributed by atoms with E-state index in [9.17, 15) is 4.79 Å². The van der Waals surface area contributed by atoms with Crippen LogP contribution < -0.4 is 15.5 Å². The lowest BCUT2D eigenvalue weighted by molar-refractivity contribution is -0.116. The van der Waals surface area contributed by atoms with Crippen molar-refractivity contribution in [3.63, 3.8) is 0 Å². The Labute approximate surface area is 191 Å². The fourth-order valence-corrected chi connectivity index (χ4v) is 3.12. The van der Waals surface area contributed by atoms with Crippen LogP contribution in [-0.2, 0) is 17.8 Å². The summed E-state index contributed by atoms with van der Waals surface area (Å²) in [6.45, 7) is 11.4. The van der Waals surface area contributed by atoms with Gasteiger partial charge in [-0.2, -0.15) is 0 Å². The number of nitrogens with one attached hydrogen (secondary N) is 2. The lowest BCUT2D eigenvalue weighted by Crippen LogP contribution is -2.33. The number of carbonyl (C=O) groups excluding carboxylic acids is 1. The summed E-state index contributed by atoms with van der Waals surface area (Å²) in [6, 6.07) is 15.1. The molecule has 1 amide bonds. The third kappa shape index (κ3) is 10.3. The van der Waals surface area contributed by atoms with Gasteiger partial charge in [-0.05, 0) is 68.4 Å². The summed E-state index contributed by atoms with van der Waals surface area (Å²) in [7, 11) is 5.71. The first-order chi connectivity index (χ1) is 15.1. The van der Waals surface area contributed by atoms with Crippen molar-refractivity contribution in [1.29, 1.82) is 0 Å². The topological polar surface area (TPSA) is 44.4 Å². The quantitative estimate of drug-likeness (QED) is 0.637. The van der Waals surface area contributed by atoms with Crippen LogP contribution in [0, 0.1) is 12.8 Å². The average Bonchev–Trinajstić information content (AvgIpc) is 2.83. The van der Waals surface area contributed by atoms with Gasteiger partial charge in [-0.3, -0.25) is 4.79 Å². The molecule has 2 aromatic carbocycles. The van der Waals surface area contributed by atoms with Crippen LogP contribution in [0.1, 0.15) is 52.2 Å². The number of nitrogens with zero attached hydrogens (tertiary/aromatic N) is 1. The second-order valence-electron chi connectivity index (χ2n) is 6.34. The smallest absolute Gasteiger partial charge is 0.223 e. The largest absolute Gasteiger partial charge is 0.323 e. The van der Waals surface area contributed by atoms with Crippen molar-refractivity contribution in [2.75, 3.05) is 32.6 Å². The predicted molar refractivity (Wildman–Crippen MR) is 139 cm³/mol. The number of amides is 1. The van der Waals surface area contributed by atoms with Gasteiger partial charge in [0.25, 0.3) is 0 Å². The molecule has 172 valence electrons. The van der Waals surface area contributed by atoms with E-state index in [1.165, 1.54) is 22.3 Å². The Morgan fingerprint density at radius 1 is 0.935 bits per heavy atom. The second-order valence-corrected chi connectivity index (χ2v) is 6.34. The van der Waals surface area contributed by atoms with Crippen LogP contribution >= 0.6 is 0 Å². The number of benzene rings is 2. The van der Waals surface area contributed by atoms with Crippen molar-refractivity contribution in [2.24, 2.45) is 0 Å². The Morgan fingerprint density at radius 3 is 1.94 bits per heavy atom. The molecule has 0 radical (unpaired) electrons. The zero-order chi connectivity index (χ0) is 24.2.